The van der Waals surface area contributed by atoms with Gasteiger partial charge < -0.3 is 10.1 Å². The van der Waals surface area contributed by atoms with E-state index in [1.807, 2.05) is 0 Å². The molecule has 0 bridgehead atoms. The standard InChI is InChI=1S/C10H14BrN3O/c11-9-5-14-10(6-13-9)12-3-1-8-2-4-15-7-8/h5-6,8H,1-4,7H2,(H,12,14). The summed E-state index contributed by atoms with van der Waals surface area (Å²) < 4.78 is 6.07. The number of nitrogens with one attached hydrogen (secondary N) is 1. The largest absolute Gasteiger partial charge is 0.381 e. The molecule has 1 aromatic rings. The maximum Gasteiger partial charge on any atom is 0.144 e. The molecule has 1 aromatic heterocycles. The summed E-state index contributed by atoms with van der Waals surface area (Å²) in [6.45, 7) is 2.76. The zero-order valence-electron chi connectivity index (χ0n) is 8.45. The van der Waals surface area contributed by atoms with Gasteiger partial charge >= 0.3 is 0 Å². The Balaban J connectivity index is 1.71. The van der Waals surface area contributed by atoms with E-state index in [0.717, 1.165) is 36.6 Å². The highest BCUT2D eigenvalue weighted by atomic mass is 79.9. The third-order valence-electron chi connectivity index (χ3n) is 2.50. The number of anilines is 1. The molecule has 1 N–H and O–H groups in total. The third kappa shape index (κ3) is 3.43. The van der Waals surface area contributed by atoms with Crippen molar-refractivity contribution in [2.45, 2.75) is 12.8 Å². The van der Waals surface area contributed by atoms with Gasteiger partial charge in [-0.1, -0.05) is 0 Å². The second-order valence-corrected chi connectivity index (χ2v) is 4.48. The fourth-order valence-electron chi connectivity index (χ4n) is 1.62. The Kier molecular flexibility index (Phi) is 3.91. The Labute approximate surface area is 97.6 Å². The molecule has 1 fully saturated rings. The summed E-state index contributed by atoms with van der Waals surface area (Å²) >= 11 is 3.25. The van der Waals surface area contributed by atoms with E-state index in [2.05, 4.69) is 31.2 Å². The van der Waals surface area contributed by atoms with Crippen LogP contribution >= 0.6 is 15.9 Å². The molecular formula is C10H14BrN3O. The molecule has 0 aromatic carbocycles. The van der Waals surface area contributed by atoms with Crippen LogP contribution in [-0.4, -0.2) is 29.7 Å². The zero-order valence-corrected chi connectivity index (χ0v) is 10.0. The molecule has 1 saturated heterocycles. The molecule has 0 radical (unpaired) electrons. The number of hydrogen-bond donors (Lipinski definition) is 1. The summed E-state index contributed by atoms with van der Waals surface area (Å²) in [5, 5.41) is 3.25. The average Bonchev–Trinajstić information content (AvgIpc) is 2.74. The van der Waals surface area contributed by atoms with Crippen LogP contribution < -0.4 is 5.32 Å². The lowest BCUT2D eigenvalue weighted by molar-refractivity contribution is 0.185. The van der Waals surface area contributed by atoms with E-state index in [4.69, 9.17) is 4.74 Å². The summed E-state index contributed by atoms with van der Waals surface area (Å²) in [5.41, 5.74) is 0. The zero-order chi connectivity index (χ0) is 10.5. The maximum absolute atomic E-state index is 5.31. The van der Waals surface area contributed by atoms with Gasteiger partial charge in [0.2, 0.25) is 0 Å². The summed E-state index contributed by atoms with van der Waals surface area (Å²) in [6.07, 6.45) is 5.75. The quantitative estimate of drug-likeness (QED) is 0.911. The number of rotatable bonds is 4. The van der Waals surface area contributed by atoms with Gasteiger partial charge in [-0.15, -0.1) is 0 Å². The van der Waals surface area contributed by atoms with Crippen LogP contribution in [0, 0.1) is 5.92 Å². The predicted octanol–water partition coefficient (Wildman–Crippen LogP) is 2.08. The highest BCUT2D eigenvalue weighted by molar-refractivity contribution is 9.10. The monoisotopic (exact) mass is 271 g/mol. The molecule has 5 heteroatoms. The topological polar surface area (TPSA) is 47.0 Å². The fourth-order valence-corrected chi connectivity index (χ4v) is 1.82. The minimum atomic E-state index is 0.709. The molecule has 15 heavy (non-hydrogen) atoms. The molecule has 1 unspecified atom stereocenters. The predicted molar refractivity (Wildman–Crippen MR) is 61.8 cm³/mol. The Hall–Kier alpha value is -0.680. The van der Waals surface area contributed by atoms with Crippen molar-refractivity contribution in [3.05, 3.63) is 17.0 Å². The smallest absolute Gasteiger partial charge is 0.144 e. The van der Waals surface area contributed by atoms with Crippen LogP contribution in [-0.2, 0) is 4.74 Å². The van der Waals surface area contributed by atoms with Gasteiger partial charge in [-0.2, -0.15) is 0 Å². The number of nitrogens with zero attached hydrogens (tertiary/aromatic N) is 2. The molecule has 0 amide bonds. The van der Waals surface area contributed by atoms with Gasteiger partial charge in [0.05, 0.1) is 12.4 Å². The normalized spacial score (nSPS) is 20.5. The molecule has 1 atom stereocenters. The number of halogens is 1. The van der Waals surface area contributed by atoms with Crippen molar-refractivity contribution in [1.82, 2.24) is 9.97 Å². The second-order valence-electron chi connectivity index (χ2n) is 3.67. The van der Waals surface area contributed by atoms with E-state index >= 15 is 0 Å². The van der Waals surface area contributed by atoms with Gasteiger partial charge in [-0.3, -0.25) is 0 Å². The van der Waals surface area contributed by atoms with Crippen LogP contribution in [0.2, 0.25) is 0 Å². The van der Waals surface area contributed by atoms with E-state index < -0.39 is 0 Å². The highest BCUT2D eigenvalue weighted by Crippen LogP contribution is 2.16. The van der Waals surface area contributed by atoms with E-state index in [-0.39, 0.29) is 0 Å². The first-order valence-electron chi connectivity index (χ1n) is 5.14. The Morgan fingerprint density at radius 3 is 3.07 bits per heavy atom. The summed E-state index contributed by atoms with van der Waals surface area (Å²) in [5.74, 6) is 1.54. The molecule has 1 aliphatic heterocycles. The lowest BCUT2D eigenvalue weighted by Crippen LogP contribution is -2.09. The Morgan fingerprint density at radius 1 is 1.47 bits per heavy atom. The van der Waals surface area contributed by atoms with Crippen molar-refractivity contribution in [2.75, 3.05) is 25.1 Å². The van der Waals surface area contributed by atoms with Crippen molar-refractivity contribution >= 4 is 21.7 Å². The fraction of sp³-hybridized carbons (Fsp3) is 0.600. The van der Waals surface area contributed by atoms with Crippen molar-refractivity contribution < 1.29 is 4.74 Å². The highest BCUT2D eigenvalue weighted by Gasteiger charge is 2.14. The van der Waals surface area contributed by atoms with Gasteiger partial charge in [-0.25, -0.2) is 9.97 Å². The molecule has 0 spiro atoms. The first kappa shape index (κ1) is 10.8. The minimum Gasteiger partial charge on any atom is -0.381 e. The summed E-state index contributed by atoms with van der Waals surface area (Å²) in [6, 6.07) is 0. The van der Waals surface area contributed by atoms with E-state index in [1.165, 1.54) is 6.42 Å². The lowest BCUT2D eigenvalue weighted by atomic mass is 10.1. The molecule has 4 nitrogen and oxygen atoms in total. The molecule has 0 saturated carbocycles. The lowest BCUT2D eigenvalue weighted by Gasteiger charge is -2.08. The summed E-state index contributed by atoms with van der Waals surface area (Å²) in [4.78, 5) is 8.29. The first-order valence-corrected chi connectivity index (χ1v) is 5.93. The van der Waals surface area contributed by atoms with Crippen LogP contribution in [0.1, 0.15) is 12.8 Å². The molecule has 82 valence electrons. The SMILES string of the molecule is Brc1cnc(NCCC2CCOC2)cn1. The van der Waals surface area contributed by atoms with E-state index in [1.54, 1.807) is 12.4 Å². The number of ether oxygens (including phenoxy) is 1. The Morgan fingerprint density at radius 2 is 2.40 bits per heavy atom. The van der Waals surface area contributed by atoms with Crippen molar-refractivity contribution in [1.29, 1.82) is 0 Å². The minimum absolute atomic E-state index is 0.709. The molecular weight excluding hydrogens is 258 g/mol. The number of aromatic nitrogens is 2. The van der Waals surface area contributed by atoms with Crippen LogP contribution in [0.5, 0.6) is 0 Å². The molecule has 2 heterocycles. The molecule has 0 aliphatic carbocycles. The second kappa shape index (κ2) is 5.42. The number of hydrogen-bond acceptors (Lipinski definition) is 4. The van der Waals surface area contributed by atoms with Gasteiger partial charge in [0.15, 0.2) is 0 Å². The summed E-state index contributed by atoms with van der Waals surface area (Å²) in [7, 11) is 0. The van der Waals surface area contributed by atoms with Crippen LogP contribution in [0.25, 0.3) is 0 Å². The Bertz CT molecular complexity index is 298. The maximum atomic E-state index is 5.31. The van der Waals surface area contributed by atoms with E-state index in [9.17, 15) is 0 Å². The van der Waals surface area contributed by atoms with Gasteiger partial charge in [0.25, 0.3) is 0 Å². The molecule has 2 rings (SSSR count). The first-order chi connectivity index (χ1) is 7.34. The van der Waals surface area contributed by atoms with Crippen molar-refractivity contribution in [3.8, 4) is 0 Å². The average molecular weight is 272 g/mol. The van der Waals surface area contributed by atoms with E-state index in [0.29, 0.717) is 5.92 Å². The van der Waals surface area contributed by atoms with Crippen molar-refractivity contribution in [2.24, 2.45) is 5.92 Å². The molecule has 1 aliphatic rings. The van der Waals surface area contributed by atoms with Gasteiger partial charge in [0, 0.05) is 19.8 Å². The van der Waals surface area contributed by atoms with Crippen LogP contribution in [0.4, 0.5) is 5.82 Å². The third-order valence-corrected chi connectivity index (χ3v) is 2.91. The van der Waals surface area contributed by atoms with Crippen LogP contribution in [0.15, 0.2) is 17.0 Å². The van der Waals surface area contributed by atoms with Crippen molar-refractivity contribution in [3.63, 3.8) is 0 Å². The van der Waals surface area contributed by atoms with Crippen LogP contribution in [0.3, 0.4) is 0 Å². The van der Waals surface area contributed by atoms with Gasteiger partial charge in [0.1, 0.15) is 10.4 Å². The van der Waals surface area contributed by atoms with Gasteiger partial charge in [-0.05, 0) is 34.7 Å².